The minimum atomic E-state index is -0.388. The summed E-state index contributed by atoms with van der Waals surface area (Å²) in [4.78, 5) is 18.1. The Hall–Kier alpha value is -3.64. The van der Waals surface area contributed by atoms with Crippen molar-refractivity contribution in [1.82, 2.24) is 9.66 Å². The minimum absolute atomic E-state index is 0.175. The number of aromatic nitrogens is 2. The first kappa shape index (κ1) is 23.1. The van der Waals surface area contributed by atoms with Gasteiger partial charge in [-0.05, 0) is 64.5 Å². The molecule has 2 aromatic heterocycles. The smallest absolute Gasteiger partial charge is 0.282 e. The minimum Gasteiger partial charge on any atom is -0.477 e. The Bertz CT molecular complexity index is 1740. The van der Waals surface area contributed by atoms with Crippen LogP contribution >= 0.6 is 39.1 Å². The van der Waals surface area contributed by atoms with E-state index in [0.717, 1.165) is 10.1 Å². The first-order valence-corrected chi connectivity index (χ1v) is 11.7. The number of para-hydroxylation sites is 1. The first-order valence-electron chi connectivity index (χ1n) is 10.2. The molecule has 0 saturated carbocycles. The molecule has 2 heterocycles. The molecule has 0 amide bonds. The van der Waals surface area contributed by atoms with Gasteiger partial charge in [0.25, 0.3) is 5.56 Å². The molecule has 0 spiro atoms. The molecule has 172 valence electrons. The van der Waals surface area contributed by atoms with Crippen molar-refractivity contribution in [2.75, 3.05) is 6.61 Å². The van der Waals surface area contributed by atoms with Gasteiger partial charge in [0.15, 0.2) is 12.4 Å². The van der Waals surface area contributed by atoms with E-state index in [2.05, 4.69) is 26.0 Å². The zero-order chi connectivity index (χ0) is 24.5. The zero-order valence-corrected chi connectivity index (χ0v) is 20.8. The molecule has 5 aromatic rings. The van der Waals surface area contributed by atoms with Crippen LogP contribution in [0.2, 0.25) is 10.0 Å². The van der Waals surface area contributed by atoms with E-state index < -0.39 is 0 Å². The van der Waals surface area contributed by atoms with Gasteiger partial charge in [-0.25, -0.2) is 4.98 Å². The fraction of sp³-hybridized carbons (Fsp3) is 0.0400. The van der Waals surface area contributed by atoms with Crippen molar-refractivity contribution in [2.45, 2.75) is 0 Å². The summed E-state index contributed by atoms with van der Waals surface area (Å²) in [6.07, 6.45) is 1.42. The molecule has 0 bridgehead atoms. The maximum absolute atomic E-state index is 13.4. The lowest BCUT2D eigenvalue weighted by molar-refractivity contribution is 0.365. The van der Waals surface area contributed by atoms with Gasteiger partial charge in [0.1, 0.15) is 17.4 Å². The van der Waals surface area contributed by atoms with Gasteiger partial charge in [0.05, 0.1) is 21.6 Å². The van der Waals surface area contributed by atoms with Crippen molar-refractivity contribution < 1.29 is 9.15 Å². The Labute approximate surface area is 216 Å². The summed E-state index contributed by atoms with van der Waals surface area (Å²) in [6, 6.07) is 19.1. The third-order valence-corrected chi connectivity index (χ3v) is 6.13. The molecule has 0 atom stereocenters. The first-order chi connectivity index (χ1) is 16.9. The van der Waals surface area contributed by atoms with E-state index in [4.69, 9.17) is 37.6 Å². The van der Waals surface area contributed by atoms with Crippen molar-refractivity contribution in [3.63, 3.8) is 0 Å². The lowest BCUT2D eigenvalue weighted by atomic mass is 10.2. The van der Waals surface area contributed by atoms with Gasteiger partial charge < -0.3 is 9.15 Å². The summed E-state index contributed by atoms with van der Waals surface area (Å²) in [6.45, 7) is -0.175. The predicted molar refractivity (Wildman–Crippen MR) is 139 cm³/mol. The monoisotopic (exact) mass is 566 g/mol. The molecular formula is C25H13BrCl2N4O3. The van der Waals surface area contributed by atoms with Crippen LogP contribution in [0.5, 0.6) is 5.75 Å². The molecule has 0 radical (unpaired) electrons. The number of hydrogen-bond acceptors (Lipinski definition) is 6. The average Bonchev–Trinajstić information content (AvgIpc) is 3.25. The van der Waals surface area contributed by atoms with Gasteiger partial charge in [-0.15, -0.1) is 0 Å². The number of nitriles is 1. The maximum Gasteiger partial charge on any atom is 0.282 e. The highest BCUT2D eigenvalue weighted by molar-refractivity contribution is 9.10. The van der Waals surface area contributed by atoms with Crippen LogP contribution in [0.15, 0.2) is 79.4 Å². The summed E-state index contributed by atoms with van der Waals surface area (Å²) in [5, 5.41) is 15.5. The van der Waals surface area contributed by atoms with E-state index in [-0.39, 0.29) is 18.0 Å². The van der Waals surface area contributed by atoms with Crippen LogP contribution in [-0.4, -0.2) is 22.5 Å². The molecule has 10 heteroatoms. The van der Waals surface area contributed by atoms with Gasteiger partial charge in [0.2, 0.25) is 5.82 Å². The highest BCUT2D eigenvalue weighted by atomic mass is 79.9. The van der Waals surface area contributed by atoms with Crippen LogP contribution < -0.4 is 10.3 Å². The van der Waals surface area contributed by atoms with Gasteiger partial charge in [-0.1, -0.05) is 35.3 Å². The summed E-state index contributed by atoms with van der Waals surface area (Å²) in [5.41, 5.74) is 1.16. The lowest BCUT2D eigenvalue weighted by Crippen LogP contribution is -2.20. The second-order valence-corrected chi connectivity index (χ2v) is 9.09. The van der Waals surface area contributed by atoms with E-state index in [1.807, 2.05) is 6.07 Å². The van der Waals surface area contributed by atoms with Crippen molar-refractivity contribution >= 4 is 67.2 Å². The van der Waals surface area contributed by atoms with Gasteiger partial charge >= 0.3 is 0 Å². The highest BCUT2D eigenvalue weighted by Crippen LogP contribution is 2.32. The second kappa shape index (κ2) is 9.55. The molecule has 0 fully saturated rings. The maximum atomic E-state index is 13.4. The third-order valence-electron chi connectivity index (χ3n) is 5.08. The molecule has 0 unspecified atom stereocenters. The summed E-state index contributed by atoms with van der Waals surface area (Å²) >= 11 is 15.7. The fourth-order valence-electron chi connectivity index (χ4n) is 3.57. The number of halogens is 3. The molecule has 0 saturated heterocycles. The summed E-state index contributed by atoms with van der Waals surface area (Å²) in [5.74, 6) is 0.912. The molecule has 3 aromatic carbocycles. The van der Waals surface area contributed by atoms with Gasteiger partial charge in [0, 0.05) is 21.0 Å². The Morgan fingerprint density at radius 2 is 1.97 bits per heavy atom. The topological polar surface area (TPSA) is 93.4 Å². The second-order valence-electron chi connectivity index (χ2n) is 7.36. The van der Waals surface area contributed by atoms with Crippen LogP contribution in [0, 0.1) is 11.3 Å². The quantitative estimate of drug-likeness (QED) is 0.221. The Balaban J connectivity index is 1.72. The largest absolute Gasteiger partial charge is 0.477 e. The van der Waals surface area contributed by atoms with Crippen LogP contribution in [0.3, 0.4) is 0 Å². The zero-order valence-electron chi connectivity index (χ0n) is 17.7. The number of furan rings is 1. The number of ether oxygens (including phenoxy) is 1. The number of rotatable bonds is 5. The van der Waals surface area contributed by atoms with E-state index in [1.165, 1.54) is 6.21 Å². The molecule has 7 nitrogen and oxygen atoms in total. The SMILES string of the molecule is N#CCOc1c(Br)cc(Cl)cc1C=Nn1c(-c2cc3cc(Cl)ccc3o2)nc2ccccc2c1=O. The molecule has 0 aliphatic carbocycles. The predicted octanol–water partition coefficient (Wildman–Crippen LogP) is 6.66. The molecule has 35 heavy (non-hydrogen) atoms. The van der Waals surface area contributed by atoms with E-state index in [9.17, 15) is 4.79 Å². The number of hydrogen-bond donors (Lipinski definition) is 0. The number of fused-ring (bicyclic) bond motifs is 2. The molecular weight excluding hydrogens is 555 g/mol. The van der Waals surface area contributed by atoms with E-state index in [1.54, 1.807) is 60.7 Å². The van der Waals surface area contributed by atoms with Crippen molar-refractivity contribution in [3.8, 4) is 23.4 Å². The number of nitrogens with zero attached hydrogens (tertiary/aromatic N) is 4. The van der Waals surface area contributed by atoms with E-state index >= 15 is 0 Å². The molecule has 0 aliphatic heterocycles. The van der Waals surface area contributed by atoms with Crippen LogP contribution in [-0.2, 0) is 0 Å². The third kappa shape index (κ3) is 4.54. The van der Waals surface area contributed by atoms with Crippen LogP contribution in [0.1, 0.15) is 5.56 Å². The lowest BCUT2D eigenvalue weighted by Gasteiger charge is -2.10. The number of benzene rings is 3. The fourth-order valence-corrected chi connectivity index (χ4v) is 4.70. The highest BCUT2D eigenvalue weighted by Gasteiger charge is 2.17. The molecule has 0 aliphatic rings. The van der Waals surface area contributed by atoms with Crippen molar-refractivity contribution in [3.05, 3.63) is 91.1 Å². The van der Waals surface area contributed by atoms with Gasteiger partial charge in [-0.3, -0.25) is 4.79 Å². The van der Waals surface area contributed by atoms with Crippen LogP contribution in [0.25, 0.3) is 33.5 Å². The average molecular weight is 568 g/mol. The molecule has 0 N–H and O–H groups in total. The van der Waals surface area contributed by atoms with Crippen molar-refractivity contribution in [2.24, 2.45) is 5.10 Å². The molecule has 5 rings (SSSR count). The van der Waals surface area contributed by atoms with Crippen LogP contribution in [0.4, 0.5) is 0 Å². The van der Waals surface area contributed by atoms with Gasteiger partial charge in [-0.2, -0.15) is 15.0 Å². The Morgan fingerprint density at radius 3 is 2.80 bits per heavy atom. The summed E-state index contributed by atoms with van der Waals surface area (Å²) in [7, 11) is 0. The standard InChI is InChI=1S/C25H13BrCl2N4O3/c26-19-12-17(28)10-15(23(19)34-8-7-29)13-30-32-24(31-20-4-2-1-3-18(20)25(32)33)22-11-14-9-16(27)5-6-21(14)35-22/h1-6,9-13H,8H2. The Morgan fingerprint density at radius 1 is 1.14 bits per heavy atom. The normalized spacial score (nSPS) is 11.4. The van der Waals surface area contributed by atoms with E-state index in [0.29, 0.717) is 48.1 Å². The Kier molecular flexibility index (Phi) is 6.31. The summed E-state index contributed by atoms with van der Waals surface area (Å²) < 4.78 is 13.2. The van der Waals surface area contributed by atoms with Crippen molar-refractivity contribution in [1.29, 1.82) is 5.26 Å².